The first-order valence-electron chi connectivity index (χ1n) is 7.70. The molecular weight excluding hydrogens is 348 g/mol. The van der Waals surface area contributed by atoms with E-state index in [1.54, 1.807) is 18.3 Å². The van der Waals surface area contributed by atoms with Crippen LogP contribution in [0.4, 0.5) is 8.78 Å². The average molecular weight is 365 g/mol. The van der Waals surface area contributed by atoms with Gasteiger partial charge in [0, 0.05) is 24.8 Å². The van der Waals surface area contributed by atoms with E-state index in [1.165, 1.54) is 26.4 Å². The van der Waals surface area contributed by atoms with E-state index in [0.29, 0.717) is 28.2 Å². The molecule has 0 aliphatic rings. The molecule has 2 aromatic heterocycles. The van der Waals surface area contributed by atoms with Gasteiger partial charge in [-0.1, -0.05) is 0 Å². The zero-order valence-corrected chi connectivity index (χ0v) is 14.1. The fourth-order valence-corrected chi connectivity index (χ4v) is 2.62. The van der Waals surface area contributed by atoms with Crippen molar-refractivity contribution in [2.24, 2.45) is 0 Å². The molecule has 3 rings (SSSR count). The number of rotatable bonds is 7. The molecule has 138 valence electrons. The molecule has 1 atom stereocenters. The summed E-state index contributed by atoms with van der Waals surface area (Å²) >= 11 is 0. The number of alkyl halides is 2. The van der Waals surface area contributed by atoms with Crippen LogP contribution in [-0.4, -0.2) is 40.9 Å². The van der Waals surface area contributed by atoms with E-state index in [4.69, 9.17) is 9.47 Å². The highest BCUT2D eigenvalue weighted by Crippen LogP contribution is 2.32. The van der Waals surface area contributed by atoms with Gasteiger partial charge >= 0.3 is 6.61 Å². The lowest BCUT2D eigenvalue weighted by atomic mass is 10.1. The lowest BCUT2D eigenvalue weighted by Crippen LogP contribution is -2.07. The van der Waals surface area contributed by atoms with Crippen LogP contribution in [0.15, 0.2) is 30.5 Å². The number of nitrogens with zero attached hydrogens (tertiary/aromatic N) is 2. The molecule has 2 N–H and O–H groups in total. The van der Waals surface area contributed by atoms with Crippen LogP contribution in [-0.2, 0) is 6.42 Å². The number of aliphatic hydroxyl groups excluding tert-OH is 1. The SMILES string of the molecule is COc1ccnc(CC(O)c2nc3cc(OC(F)F)ccc3[nH]2)c1OC. The number of halogens is 2. The van der Waals surface area contributed by atoms with Gasteiger partial charge < -0.3 is 24.3 Å². The van der Waals surface area contributed by atoms with Crippen molar-refractivity contribution in [3.05, 3.63) is 42.0 Å². The van der Waals surface area contributed by atoms with Crippen molar-refractivity contribution in [3.63, 3.8) is 0 Å². The Labute approximate surface area is 147 Å². The van der Waals surface area contributed by atoms with Crippen molar-refractivity contribution in [2.45, 2.75) is 19.1 Å². The zero-order valence-electron chi connectivity index (χ0n) is 14.1. The van der Waals surface area contributed by atoms with Crippen LogP contribution in [0.3, 0.4) is 0 Å². The first kappa shape index (κ1) is 17.9. The summed E-state index contributed by atoms with van der Waals surface area (Å²) in [7, 11) is 3.00. The summed E-state index contributed by atoms with van der Waals surface area (Å²) in [5.41, 5.74) is 1.50. The minimum Gasteiger partial charge on any atom is -0.493 e. The highest BCUT2D eigenvalue weighted by Gasteiger charge is 2.19. The Morgan fingerprint density at radius 3 is 2.69 bits per heavy atom. The number of aromatic nitrogens is 3. The van der Waals surface area contributed by atoms with Gasteiger partial charge in [0.05, 0.1) is 30.9 Å². The maximum absolute atomic E-state index is 12.3. The number of imidazole rings is 1. The van der Waals surface area contributed by atoms with Crippen molar-refractivity contribution in [1.82, 2.24) is 15.0 Å². The smallest absolute Gasteiger partial charge is 0.387 e. The summed E-state index contributed by atoms with van der Waals surface area (Å²) in [6, 6.07) is 5.98. The second-order valence-electron chi connectivity index (χ2n) is 5.39. The van der Waals surface area contributed by atoms with Gasteiger partial charge in [0.1, 0.15) is 17.7 Å². The van der Waals surface area contributed by atoms with Gasteiger partial charge in [-0.3, -0.25) is 4.98 Å². The van der Waals surface area contributed by atoms with Crippen molar-refractivity contribution in [1.29, 1.82) is 0 Å². The Bertz CT molecular complexity index is 901. The number of H-pyrrole nitrogens is 1. The van der Waals surface area contributed by atoms with E-state index in [2.05, 4.69) is 19.7 Å². The molecule has 0 spiro atoms. The number of fused-ring (bicyclic) bond motifs is 1. The van der Waals surface area contributed by atoms with E-state index in [0.717, 1.165) is 0 Å². The molecule has 3 aromatic rings. The minimum absolute atomic E-state index is 0.00354. The van der Waals surface area contributed by atoms with Crippen LogP contribution in [0.1, 0.15) is 17.6 Å². The highest BCUT2D eigenvalue weighted by atomic mass is 19.3. The first-order valence-corrected chi connectivity index (χ1v) is 7.70. The van der Waals surface area contributed by atoms with E-state index < -0.39 is 12.7 Å². The lowest BCUT2D eigenvalue weighted by molar-refractivity contribution is -0.0497. The monoisotopic (exact) mass is 365 g/mol. The molecule has 9 heteroatoms. The molecule has 0 saturated heterocycles. The number of benzene rings is 1. The van der Waals surface area contributed by atoms with Crippen molar-refractivity contribution < 1.29 is 28.1 Å². The van der Waals surface area contributed by atoms with Crippen LogP contribution in [0.2, 0.25) is 0 Å². The van der Waals surface area contributed by atoms with Crippen molar-refractivity contribution >= 4 is 11.0 Å². The number of hydrogen-bond donors (Lipinski definition) is 2. The third-order valence-corrected chi connectivity index (χ3v) is 3.77. The molecule has 1 unspecified atom stereocenters. The number of aromatic amines is 1. The Balaban J connectivity index is 1.85. The fourth-order valence-electron chi connectivity index (χ4n) is 2.62. The summed E-state index contributed by atoms with van der Waals surface area (Å²) in [6.45, 7) is -2.91. The number of hydrogen-bond acceptors (Lipinski definition) is 6. The van der Waals surface area contributed by atoms with E-state index >= 15 is 0 Å². The van der Waals surface area contributed by atoms with Gasteiger partial charge in [-0.15, -0.1) is 0 Å². The number of nitrogens with one attached hydrogen (secondary N) is 1. The van der Waals surface area contributed by atoms with Crippen LogP contribution in [0.5, 0.6) is 17.2 Å². The molecule has 1 aromatic carbocycles. The quantitative estimate of drug-likeness (QED) is 0.669. The van der Waals surface area contributed by atoms with Gasteiger partial charge in [-0.05, 0) is 12.1 Å². The Kier molecular flexibility index (Phi) is 5.17. The molecule has 0 saturated carbocycles. The zero-order chi connectivity index (χ0) is 18.7. The normalized spacial score (nSPS) is 12.4. The maximum Gasteiger partial charge on any atom is 0.387 e. The summed E-state index contributed by atoms with van der Waals surface area (Å²) in [6.07, 6.45) is 0.673. The average Bonchev–Trinajstić information content (AvgIpc) is 3.04. The summed E-state index contributed by atoms with van der Waals surface area (Å²) < 4.78 is 39.5. The standard InChI is InChI=1S/C17H17F2N3O4/c1-24-14-5-6-20-12(15(14)25-2)8-13(23)16-21-10-4-3-9(26-17(18)19)7-11(10)22-16/h3-7,13,17,23H,8H2,1-2H3,(H,21,22). The number of ether oxygens (including phenoxy) is 3. The molecular formula is C17H17F2N3O4. The first-order chi connectivity index (χ1) is 12.5. The molecule has 0 fully saturated rings. The third kappa shape index (κ3) is 3.67. The topological polar surface area (TPSA) is 89.5 Å². The van der Waals surface area contributed by atoms with Crippen LogP contribution >= 0.6 is 0 Å². The largest absolute Gasteiger partial charge is 0.493 e. The number of aliphatic hydroxyl groups is 1. The molecule has 0 aliphatic carbocycles. The lowest BCUT2D eigenvalue weighted by Gasteiger charge is -2.13. The van der Waals surface area contributed by atoms with Crippen LogP contribution in [0, 0.1) is 0 Å². The second-order valence-corrected chi connectivity index (χ2v) is 5.39. The Hall–Kier alpha value is -2.94. The molecule has 7 nitrogen and oxygen atoms in total. The number of methoxy groups -OCH3 is 2. The summed E-state index contributed by atoms with van der Waals surface area (Å²) in [5.74, 6) is 1.21. The van der Waals surface area contributed by atoms with Gasteiger partial charge in [0.25, 0.3) is 0 Å². The van der Waals surface area contributed by atoms with E-state index in [-0.39, 0.29) is 18.0 Å². The summed E-state index contributed by atoms with van der Waals surface area (Å²) in [5, 5.41) is 10.5. The molecule has 0 radical (unpaired) electrons. The Morgan fingerprint density at radius 2 is 2.00 bits per heavy atom. The predicted octanol–water partition coefficient (Wildman–Crippen LogP) is 2.85. The molecule has 2 heterocycles. The Morgan fingerprint density at radius 1 is 1.19 bits per heavy atom. The van der Waals surface area contributed by atoms with Crippen molar-refractivity contribution in [2.75, 3.05) is 14.2 Å². The predicted molar refractivity (Wildman–Crippen MR) is 88.7 cm³/mol. The fraction of sp³-hybridized carbons (Fsp3) is 0.294. The van der Waals surface area contributed by atoms with Crippen LogP contribution in [0.25, 0.3) is 11.0 Å². The third-order valence-electron chi connectivity index (χ3n) is 3.77. The minimum atomic E-state index is -2.91. The number of pyridine rings is 1. The van der Waals surface area contributed by atoms with E-state index in [1.807, 2.05) is 0 Å². The molecule has 0 aliphatic heterocycles. The van der Waals surface area contributed by atoms with Crippen molar-refractivity contribution in [3.8, 4) is 17.2 Å². The van der Waals surface area contributed by atoms with Gasteiger partial charge in [0.2, 0.25) is 0 Å². The van der Waals surface area contributed by atoms with Gasteiger partial charge in [-0.25, -0.2) is 4.98 Å². The van der Waals surface area contributed by atoms with Gasteiger partial charge in [-0.2, -0.15) is 8.78 Å². The van der Waals surface area contributed by atoms with Crippen LogP contribution < -0.4 is 14.2 Å². The molecule has 0 amide bonds. The summed E-state index contributed by atoms with van der Waals surface area (Å²) in [4.78, 5) is 11.4. The maximum atomic E-state index is 12.3. The molecule has 0 bridgehead atoms. The molecule has 26 heavy (non-hydrogen) atoms. The highest BCUT2D eigenvalue weighted by molar-refractivity contribution is 5.76. The second kappa shape index (κ2) is 7.52. The van der Waals surface area contributed by atoms with E-state index in [9.17, 15) is 13.9 Å². The van der Waals surface area contributed by atoms with Gasteiger partial charge in [0.15, 0.2) is 11.5 Å².